The molecule has 1 aromatic carbocycles. The van der Waals surface area contributed by atoms with Gasteiger partial charge in [-0.25, -0.2) is 12.4 Å². The summed E-state index contributed by atoms with van der Waals surface area (Å²) in [4.78, 5) is 4.73. The molecule has 3 heterocycles. The van der Waals surface area contributed by atoms with Gasteiger partial charge in [-0.2, -0.15) is 0 Å². The van der Waals surface area contributed by atoms with Crippen LogP contribution in [0.5, 0.6) is 0 Å². The maximum absolute atomic E-state index is 13.2. The minimum atomic E-state index is -3.67. The van der Waals surface area contributed by atoms with Gasteiger partial charge in [0.1, 0.15) is 0 Å². The monoisotopic (exact) mass is 353 g/mol. The molecule has 0 bridgehead atoms. The van der Waals surface area contributed by atoms with E-state index in [1.54, 1.807) is 36.7 Å². The van der Waals surface area contributed by atoms with Crippen LogP contribution in [0.4, 0.5) is 0 Å². The lowest BCUT2D eigenvalue weighted by Gasteiger charge is -2.12. The van der Waals surface area contributed by atoms with Crippen LogP contribution in [0.1, 0.15) is 17.5 Å². The fraction of sp³-hybridized carbons (Fsp3) is 0.211. The van der Waals surface area contributed by atoms with Gasteiger partial charge >= 0.3 is 0 Å². The van der Waals surface area contributed by atoms with E-state index in [9.17, 15) is 8.42 Å². The highest BCUT2D eigenvalue weighted by Gasteiger charge is 2.23. The van der Waals surface area contributed by atoms with Gasteiger partial charge in [-0.3, -0.25) is 4.98 Å². The van der Waals surface area contributed by atoms with Crippen molar-refractivity contribution >= 4 is 26.6 Å². The first-order valence-electron chi connectivity index (χ1n) is 8.26. The van der Waals surface area contributed by atoms with E-state index >= 15 is 0 Å². The fourth-order valence-electron chi connectivity index (χ4n) is 3.15. The maximum atomic E-state index is 13.2. The number of nitrogens with one attached hydrogen (secondary N) is 1. The molecule has 0 amide bonds. The summed E-state index contributed by atoms with van der Waals surface area (Å²) in [7, 11) is -3.67. The van der Waals surface area contributed by atoms with Crippen LogP contribution in [-0.2, 0) is 10.0 Å². The summed E-state index contributed by atoms with van der Waals surface area (Å²) in [6, 6.07) is 10.5. The largest absolute Gasteiger partial charge is 0.313 e. The third kappa shape index (κ3) is 2.77. The van der Waals surface area contributed by atoms with Gasteiger partial charge in [0.25, 0.3) is 10.0 Å². The molecule has 25 heavy (non-hydrogen) atoms. The molecule has 1 aliphatic heterocycles. The number of fused-ring (bicyclic) bond motifs is 1. The molecule has 4 rings (SSSR count). The van der Waals surface area contributed by atoms with Crippen LogP contribution in [-0.4, -0.2) is 30.5 Å². The molecule has 3 aromatic rings. The molecule has 0 spiro atoms. The Bertz CT molecular complexity index is 1060. The summed E-state index contributed by atoms with van der Waals surface area (Å²) >= 11 is 0. The number of aromatic nitrogens is 2. The third-order valence-electron chi connectivity index (χ3n) is 4.51. The number of hydrogen-bond acceptors (Lipinski definition) is 4. The molecule has 0 fully saturated rings. The highest BCUT2D eigenvalue weighted by atomic mass is 32.2. The van der Waals surface area contributed by atoms with Gasteiger partial charge in [0.05, 0.1) is 15.9 Å². The average molecular weight is 353 g/mol. The highest BCUT2D eigenvalue weighted by molar-refractivity contribution is 7.90. The zero-order valence-corrected chi connectivity index (χ0v) is 14.8. The molecule has 0 saturated heterocycles. The van der Waals surface area contributed by atoms with E-state index in [0.717, 1.165) is 41.7 Å². The van der Waals surface area contributed by atoms with E-state index in [1.807, 2.05) is 19.1 Å². The summed E-state index contributed by atoms with van der Waals surface area (Å²) in [6.07, 6.45) is 6.39. The van der Waals surface area contributed by atoms with Gasteiger partial charge in [0.2, 0.25) is 0 Å². The quantitative estimate of drug-likeness (QED) is 0.786. The zero-order chi connectivity index (χ0) is 17.4. The highest BCUT2D eigenvalue weighted by Crippen LogP contribution is 2.31. The summed E-state index contributed by atoms with van der Waals surface area (Å²) in [5.74, 6) is 0. The van der Waals surface area contributed by atoms with E-state index in [1.165, 1.54) is 3.97 Å². The number of nitrogens with zero attached hydrogens (tertiary/aromatic N) is 2. The van der Waals surface area contributed by atoms with Crippen molar-refractivity contribution in [1.29, 1.82) is 0 Å². The minimum absolute atomic E-state index is 0.282. The van der Waals surface area contributed by atoms with Crippen LogP contribution in [0.15, 0.2) is 59.8 Å². The Hall–Kier alpha value is -2.44. The lowest BCUT2D eigenvalue weighted by Crippen LogP contribution is -2.20. The second-order valence-electron chi connectivity index (χ2n) is 6.21. The second kappa shape index (κ2) is 6.13. The van der Waals surface area contributed by atoms with Gasteiger partial charge < -0.3 is 5.32 Å². The van der Waals surface area contributed by atoms with Crippen molar-refractivity contribution < 1.29 is 8.42 Å². The van der Waals surface area contributed by atoms with Crippen molar-refractivity contribution in [3.63, 3.8) is 0 Å². The Morgan fingerprint density at radius 3 is 2.68 bits per heavy atom. The summed E-state index contributed by atoms with van der Waals surface area (Å²) in [5, 5.41) is 3.28. The Balaban J connectivity index is 1.93. The first-order valence-corrected chi connectivity index (χ1v) is 9.70. The van der Waals surface area contributed by atoms with Gasteiger partial charge in [-0.15, -0.1) is 0 Å². The van der Waals surface area contributed by atoms with E-state index in [0.29, 0.717) is 5.52 Å². The van der Waals surface area contributed by atoms with Crippen LogP contribution in [0.2, 0.25) is 0 Å². The van der Waals surface area contributed by atoms with Crippen molar-refractivity contribution in [2.45, 2.75) is 18.2 Å². The van der Waals surface area contributed by atoms with E-state index in [4.69, 9.17) is 0 Å². The van der Waals surface area contributed by atoms with Crippen LogP contribution >= 0.6 is 0 Å². The number of pyridine rings is 1. The predicted octanol–water partition coefficient (Wildman–Crippen LogP) is 2.96. The van der Waals surface area contributed by atoms with Crippen molar-refractivity contribution in [2.75, 3.05) is 13.1 Å². The molecular formula is C19H19N3O2S. The van der Waals surface area contributed by atoms with E-state index in [2.05, 4.69) is 16.4 Å². The molecule has 0 atom stereocenters. The number of rotatable bonds is 3. The molecule has 0 radical (unpaired) electrons. The Morgan fingerprint density at radius 1 is 1.16 bits per heavy atom. The van der Waals surface area contributed by atoms with Crippen LogP contribution in [0.3, 0.4) is 0 Å². The third-order valence-corrected chi connectivity index (χ3v) is 6.20. The molecule has 1 aliphatic rings. The van der Waals surface area contributed by atoms with Crippen molar-refractivity contribution in [3.8, 4) is 0 Å². The van der Waals surface area contributed by atoms with Gasteiger partial charge in [-0.05, 0) is 49.7 Å². The normalized spacial score (nSPS) is 15.3. The standard InChI is InChI=1S/C19H19N3O2S/c1-14-4-6-16(7-5-14)25(23,24)22-13-17(15-8-11-20-12-9-15)19-18(22)3-2-10-21-19/h2-8,10,13,20H,9,11-12H2,1H3. The lowest BCUT2D eigenvalue weighted by molar-refractivity contribution is 0.589. The number of hydrogen-bond donors (Lipinski definition) is 1. The average Bonchev–Trinajstić information content (AvgIpc) is 3.03. The zero-order valence-electron chi connectivity index (χ0n) is 13.9. The maximum Gasteiger partial charge on any atom is 0.268 e. The summed E-state index contributed by atoms with van der Waals surface area (Å²) < 4.78 is 27.7. The molecule has 128 valence electrons. The lowest BCUT2D eigenvalue weighted by atomic mass is 10.0. The summed E-state index contributed by atoms with van der Waals surface area (Å²) in [5.41, 5.74) is 4.40. The molecule has 0 unspecified atom stereocenters. The van der Waals surface area contributed by atoms with Crippen LogP contribution in [0.25, 0.3) is 16.6 Å². The Morgan fingerprint density at radius 2 is 1.96 bits per heavy atom. The predicted molar refractivity (Wildman–Crippen MR) is 99.0 cm³/mol. The molecule has 0 aliphatic carbocycles. The SMILES string of the molecule is Cc1ccc(S(=O)(=O)n2cc(C3=CCNCC3)c3ncccc32)cc1. The molecular weight excluding hydrogens is 334 g/mol. The Kier molecular flexibility index (Phi) is 3.94. The molecule has 5 nitrogen and oxygen atoms in total. The molecule has 2 aromatic heterocycles. The first kappa shape index (κ1) is 16.1. The van der Waals surface area contributed by atoms with E-state index in [-0.39, 0.29) is 4.90 Å². The van der Waals surface area contributed by atoms with Crippen molar-refractivity contribution in [1.82, 2.24) is 14.3 Å². The van der Waals surface area contributed by atoms with Gasteiger partial charge in [-0.1, -0.05) is 23.8 Å². The summed E-state index contributed by atoms with van der Waals surface area (Å²) in [6.45, 7) is 3.61. The van der Waals surface area contributed by atoms with Gasteiger partial charge in [0.15, 0.2) is 0 Å². The number of aryl methyl sites for hydroxylation is 1. The van der Waals surface area contributed by atoms with Crippen LogP contribution in [0, 0.1) is 6.92 Å². The number of benzene rings is 1. The molecule has 1 N–H and O–H groups in total. The topological polar surface area (TPSA) is 64.0 Å². The van der Waals surface area contributed by atoms with Gasteiger partial charge in [0, 0.05) is 24.5 Å². The fourth-order valence-corrected chi connectivity index (χ4v) is 4.51. The van der Waals surface area contributed by atoms with E-state index < -0.39 is 10.0 Å². The van der Waals surface area contributed by atoms with Crippen molar-refractivity contribution in [2.24, 2.45) is 0 Å². The Labute approximate surface area is 147 Å². The minimum Gasteiger partial charge on any atom is -0.313 e. The first-order chi connectivity index (χ1) is 12.1. The smallest absolute Gasteiger partial charge is 0.268 e. The molecule has 0 saturated carbocycles. The molecule has 6 heteroatoms. The van der Waals surface area contributed by atoms with Crippen LogP contribution < -0.4 is 5.32 Å². The second-order valence-corrected chi connectivity index (χ2v) is 8.03. The van der Waals surface area contributed by atoms with Crippen molar-refractivity contribution in [3.05, 3.63) is 66.0 Å².